The second-order valence-electron chi connectivity index (χ2n) is 7.13. The molecular weight excluding hydrogens is 238 g/mol. The molecule has 0 amide bonds. The molecule has 2 aliphatic rings. The standard InChI is InChI=1S/C16H31NO2/c1-5-16(2,3)12-6-7-15(18)14(10-12)17-9-8-13(11-17)19-4/h12-15,18H,5-11H2,1-4H3. The smallest absolute Gasteiger partial charge is 0.0710 e. The van der Waals surface area contributed by atoms with Gasteiger partial charge in [0.1, 0.15) is 0 Å². The average molecular weight is 269 g/mol. The van der Waals surface area contributed by atoms with Crippen LogP contribution in [0.5, 0.6) is 0 Å². The number of aliphatic hydroxyl groups is 1. The molecule has 2 rings (SSSR count). The largest absolute Gasteiger partial charge is 0.391 e. The van der Waals surface area contributed by atoms with E-state index in [1.165, 1.54) is 12.8 Å². The first-order chi connectivity index (χ1) is 8.97. The second kappa shape index (κ2) is 6.11. The molecule has 2 fully saturated rings. The molecule has 1 aliphatic carbocycles. The van der Waals surface area contributed by atoms with E-state index in [1.807, 2.05) is 0 Å². The summed E-state index contributed by atoms with van der Waals surface area (Å²) in [5.74, 6) is 0.743. The highest BCUT2D eigenvalue weighted by Crippen LogP contribution is 2.42. The average Bonchev–Trinajstić information content (AvgIpc) is 2.87. The maximum absolute atomic E-state index is 10.4. The number of methoxy groups -OCH3 is 1. The molecule has 0 aromatic heterocycles. The Bertz CT molecular complexity index is 292. The number of ether oxygens (including phenoxy) is 1. The Morgan fingerprint density at radius 3 is 2.58 bits per heavy atom. The Morgan fingerprint density at radius 2 is 2.00 bits per heavy atom. The third-order valence-corrected chi connectivity index (χ3v) is 5.78. The lowest BCUT2D eigenvalue weighted by molar-refractivity contribution is -0.0179. The summed E-state index contributed by atoms with van der Waals surface area (Å²) in [6.07, 6.45) is 5.86. The first-order valence-corrected chi connectivity index (χ1v) is 7.92. The first-order valence-electron chi connectivity index (χ1n) is 7.92. The molecule has 0 spiro atoms. The Hall–Kier alpha value is -0.120. The van der Waals surface area contributed by atoms with Gasteiger partial charge in [0.05, 0.1) is 12.2 Å². The third kappa shape index (κ3) is 3.32. The summed E-state index contributed by atoms with van der Waals surface area (Å²) in [5, 5.41) is 10.4. The van der Waals surface area contributed by atoms with Gasteiger partial charge < -0.3 is 9.84 Å². The molecule has 1 heterocycles. The van der Waals surface area contributed by atoms with Crippen molar-refractivity contribution in [1.29, 1.82) is 0 Å². The van der Waals surface area contributed by atoms with E-state index >= 15 is 0 Å². The van der Waals surface area contributed by atoms with Crippen molar-refractivity contribution in [2.45, 2.75) is 71.1 Å². The molecule has 1 saturated carbocycles. The van der Waals surface area contributed by atoms with Crippen molar-refractivity contribution in [2.75, 3.05) is 20.2 Å². The Balaban J connectivity index is 1.99. The fourth-order valence-corrected chi connectivity index (χ4v) is 3.77. The van der Waals surface area contributed by atoms with Gasteiger partial charge in [0, 0.05) is 26.2 Å². The van der Waals surface area contributed by atoms with Crippen molar-refractivity contribution < 1.29 is 9.84 Å². The molecule has 0 aromatic rings. The minimum Gasteiger partial charge on any atom is -0.391 e. The molecule has 0 bridgehead atoms. The second-order valence-corrected chi connectivity index (χ2v) is 7.13. The van der Waals surface area contributed by atoms with E-state index in [9.17, 15) is 5.11 Å². The van der Waals surface area contributed by atoms with Crippen LogP contribution >= 0.6 is 0 Å². The molecule has 112 valence electrons. The number of nitrogens with zero attached hydrogens (tertiary/aromatic N) is 1. The Labute approximate surface area is 118 Å². The predicted octanol–water partition coefficient (Wildman–Crippen LogP) is 2.67. The molecule has 4 unspecified atom stereocenters. The van der Waals surface area contributed by atoms with Gasteiger partial charge in [-0.1, -0.05) is 27.2 Å². The Kier molecular flexibility index (Phi) is 4.91. The van der Waals surface area contributed by atoms with Gasteiger partial charge in [-0.2, -0.15) is 0 Å². The van der Waals surface area contributed by atoms with E-state index in [2.05, 4.69) is 25.7 Å². The van der Waals surface area contributed by atoms with Crippen molar-refractivity contribution in [3.63, 3.8) is 0 Å². The van der Waals surface area contributed by atoms with Gasteiger partial charge in [0.2, 0.25) is 0 Å². The monoisotopic (exact) mass is 269 g/mol. The molecule has 1 N–H and O–H groups in total. The van der Waals surface area contributed by atoms with Crippen LogP contribution in [0.2, 0.25) is 0 Å². The van der Waals surface area contributed by atoms with E-state index in [0.717, 1.165) is 38.3 Å². The molecule has 4 atom stereocenters. The first kappa shape index (κ1) is 15.3. The van der Waals surface area contributed by atoms with Gasteiger partial charge in [-0.15, -0.1) is 0 Å². The molecule has 1 saturated heterocycles. The highest BCUT2D eigenvalue weighted by molar-refractivity contribution is 4.94. The molecular formula is C16H31NO2. The summed E-state index contributed by atoms with van der Waals surface area (Å²) in [7, 11) is 1.80. The molecule has 3 nitrogen and oxygen atoms in total. The fourth-order valence-electron chi connectivity index (χ4n) is 3.77. The summed E-state index contributed by atoms with van der Waals surface area (Å²) < 4.78 is 5.46. The van der Waals surface area contributed by atoms with Crippen LogP contribution in [0.1, 0.15) is 52.9 Å². The quantitative estimate of drug-likeness (QED) is 0.851. The number of aliphatic hydroxyl groups excluding tert-OH is 1. The highest BCUT2D eigenvalue weighted by Gasteiger charge is 2.40. The van der Waals surface area contributed by atoms with E-state index in [4.69, 9.17) is 4.74 Å². The van der Waals surface area contributed by atoms with Gasteiger partial charge >= 0.3 is 0 Å². The Morgan fingerprint density at radius 1 is 1.26 bits per heavy atom. The van der Waals surface area contributed by atoms with Crippen molar-refractivity contribution in [3.05, 3.63) is 0 Å². The lowest BCUT2D eigenvalue weighted by Crippen LogP contribution is -2.48. The maximum Gasteiger partial charge on any atom is 0.0710 e. The summed E-state index contributed by atoms with van der Waals surface area (Å²) in [4.78, 5) is 2.47. The minimum atomic E-state index is -0.139. The SMILES string of the molecule is CCC(C)(C)C1CCC(O)C(N2CCC(OC)C2)C1. The van der Waals surface area contributed by atoms with Crippen molar-refractivity contribution >= 4 is 0 Å². The fraction of sp³-hybridized carbons (Fsp3) is 1.00. The van der Waals surface area contributed by atoms with Gasteiger partial charge in [0.15, 0.2) is 0 Å². The maximum atomic E-state index is 10.4. The van der Waals surface area contributed by atoms with Crippen molar-refractivity contribution in [2.24, 2.45) is 11.3 Å². The number of hydrogen-bond donors (Lipinski definition) is 1. The van der Waals surface area contributed by atoms with Crippen LogP contribution in [0.4, 0.5) is 0 Å². The van der Waals surface area contributed by atoms with Crippen LogP contribution < -0.4 is 0 Å². The van der Waals surface area contributed by atoms with E-state index in [-0.39, 0.29) is 6.10 Å². The predicted molar refractivity (Wildman–Crippen MR) is 78.2 cm³/mol. The topological polar surface area (TPSA) is 32.7 Å². The molecule has 19 heavy (non-hydrogen) atoms. The minimum absolute atomic E-state index is 0.139. The van der Waals surface area contributed by atoms with Crippen LogP contribution in [0.3, 0.4) is 0 Å². The van der Waals surface area contributed by atoms with Gasteiger partial charge in [-0.3, -0.25) is 4.90 Å². The number of hydrogen-bond acceptors (Lipinski definition) is 3. The molecule has 0 radical (unpaired) electrons. The van der Waals surface area contributed by atoms with Gasteiger partial charge in [-0.05, 0) is 37.0 Å². The van der Waals surface area contributed by atoms with Crippen LogP contribution in [-0.2, 0) is 4.74 Å². The number of likely N-dealkylation sites (tertiary alicyclic amines) is 1. The highest BCUT2D eigenvalue weighted by atomic mass is 16.5. The lowest BCUT2D eigenvalue weighted by Gasteiger charge is -2.44. The van der Waals surface area contributed by atoms with E-state index in [1.54, 1.807) is 7.11 Å². The molecule has 1 aliphatic heterocycles. The summed E-state index contributed by atoms with van der Waals surface area (Å²) >= 11 is 0. The summed E-state index contributed by atoms with van der Waals surface area (Å²) in [5.41, 5.74) is 0.402. The van der Waals surface area contributed by atoms with E-state index < -0.39 is 0 Å². The number of rotatable bonds is 4. The lowest BCUT2D eigenvalue weighted by atomic mass is 9.67. The van der Waals surface area contributed by atoms with Crippen molar-refractivity contribution in [3.8, 4) is 0 Å². The zero-order valence-electron chi connectivity index (χ0n) is 13.1. The zero-order chi connectivity index (χ0) is 14.0. The molecule has 0 aromatic carbocycles. The van der Waals surface area contributed by atoms with Crippen LogP contribution in [0.25, 0.3) is 0 Å². The van der Waals surface area contributed by atoms with Gasteiger partial charge in [-0.25, -0.2) is 0 Å². The van der Waals surface area contributed by atoms with Gasteiger partial charge in [0.25, 0.3) is 0 Å². The summed E-state index contributed by atoms with van der Waals surface area (Å²) in [6.45, 7) is 9.14. The summed E-state index contributed by atoms with van der Waals surface area (Å²) in [6, 6.07) is 0.352. The van der Waals surface area contributed by atoms with Crippen LogP contribution in [-0.4, -0.2) is 48.5 Å². The van der Waals surface area contributed by atoms with Crippen molar-refractivity contribution in [1.82, 2.24) is 4.90 Å². The van der Waals surface area contributed by atoms with Crippen LogP contribution in [0, 0.1) is 11.3 Å². The molecule has 3 heteroatoms. The van der Waals surface area contributed by atoms with Crippen LogP contribution in [0.15, 0.2) is 0 Å². The third-order valence-electron chi connectivity index (χ3n) is 5.78. The van der Waals surface area contributed by atoms with E-state index in [0.29, 0.717) is 17.6 Å². The zero-order valence-corrected chi connectivity index (χ0v) is 13.1. The normalized spacial score (nSPS) is 37.7.